The zero-order valence-electron chi connectivity index (χ0n) is 9.97. The molecule has 0 aliphatic heterocycles. The van der Waals surface area contributed by atoms with Crippen molar-refractivity contribution in [2.45, 2.75) is 0 Å². The summed E-state index contributed by atoms with van der Waals surface area (Å²) in [6, 6.07) is 10.6. The van der Waals surface area contributed by atoms with Crippen molar-refractivity contribution in [3.63, 3.8) is 0 Å². The molecule has 0 spiro atoms. The second-order valence-electron chi connectivity index (χ2n) is 3.64. The molecule has 19 heavy (non-hydrogen) atoms. The lowest BCUT2D eigenvalue weighted by Crippen LogP contribution is -2.24. The summed E-state index contributed by atoms with van der Waals surface area (Å²) in [6.45, 7) is -0.147. The molecule has 2 N–H and O–H groups in total. The zero-order chi connectivity index (χ0) is 13.5. The van der Waals surface area contributed by atoms with Crippen LogP contribution in [0.1, 0.15) is 5.69 Å². The molecule has 0 aliphatic rings. The van der Waals surface area contributed by atoms with Gasteiger partial charge < -0.3 is 9.72 Å². The van der Waals surface area contributed by atoms with Crippen molar-refractivity contribution in [1.82, 2.24) is 10.4 Å². The molecule has 1 amide bonds. The number of carbonyl (C=O) groups is 1. The van der Waals surface area contributed by atoms with E-state index in [0.29, 0.717) is 10.8 Å². The molecular weight excluding hydrogens is 266 g/mol. The third-order valence-corrected chi connectivity index (χ3v) is 2.52. The predicted octanol–water partition coefficient (Wildman–Crippen LogP) is 2.20. The SMILES string of the molecule is O=C(COc1ccccc1Cl)N/N=C/c1ccc[nH]1. The highest BCUT2D eigenvalue weighted by Gasteiger charge is 2.03. The van der Waals surface area contributed by atoms with Crippen LogP contribution in [-0.4, -0.2) is 23.7 Å². The van der Waals surface area contributed by atoms with E-state index in [9.17, 15) is 4.79 Å². The summed E-state index contributed by atoms with van der Waals surface area (Å²) < 4.78 is 5.26. The van der Waals surface area contributed by atoms with Gasteiger partial charge in [-0.1, -0.05) is 23.7 Å². The number of hydrogen-bond donors (Lipinski definition) is 2. The van der Waals surface area contributed by atoms with E-state index in [4.69, 9.17) is 16.3 Å². The lowest BCUT2D eigenvalue weighted by molar-refractivity contribution is -0.123. The van der Waals surface area contributed by atoms with Crippen molar-refractivity contribution in [2.24, 2.45) is 5.10 Å². The molecule has 2 aromatic rings. The van der Waals surface area contributed by atoms with Gasteiger partial charge in [-0.25, -0.2) is 5.43 Å². The number of aromatic amines is 1. The number of amides is 1. The predicted molar refractivity (Wildman–Crippen MR) is 73.5 cm³/mol. The van der Waals surface area contributed by atoms with Gasteiger partial charge in [0.15, 0.2) is 6.61 Å². The molecule has 5 nitrogen and oxygen atoms in total. The Hall–Kier alpha value is -2.27. The van der Waals surface area contributed by atoms with Gasteiger partial charge in [-0.3, -0.25) is 4.79 Å². The van der Waals surface area contributed by atoms with Crippen LogP contribution in [-0.2, 0) is 4.79 Å². The second-order valence-corrected chi connectivity index (χ2v) is 4.04. The number of para-hydroxylation sites is 1. The first-order valence-corrected chi connectivity index (χ1v) is 5.96. The van der Waals surface area contributed by atoms with Gasteiger partial charge in [0.1, 0.15) is 5.75 Å². The Morgan fingerprint density at radius 1 is 1.37 bits per heavy atom. The van der Waals surface area contributed by atoms with Crippen LogP contribution >= 0.6 is 11.6 Å². The third-order valence-electron chi connectivity index (χ3n) is 2.21. The molecule has 0 saturated carbocycles. The minimum absolute atomic E-state index is 0.147. The average molecular weight is 278 g/mol. The number of hydrogen-bond acceptors (Lipinski definition) is 3. The fourth-order valence-corrected chi connectivity index (χ4v) is 1.53. The molecule has 6 heteroatoms. The zero-order valence-corrected chi connectivity index (χ0v) is 10.7. The molecule has 0 saturated heterocycles. The Balaban J connectivity index is 1.78. The van der Waals surface area contributed by atoms with E-state index in [1.165, 1.54) is 6.21 Å². The minimum Gasteiger partial charge on any atom is -0.482 e. The molecule has 0 unspecified atom stereocenters. The maximum atomic E-state index is 11.5. The van der Waals surface area contributed by atoms with Crippen molar-refractivity contribution in [3.05, 3.63) is 53.3 Å². The van der Waals surface area contributed by atoms with Gasteiger partial charge in [-0.05, 0) is 24.3 Å². The number of hydrazone groups is 1. The largest absolute Gasteiger partial charge is 0.482 e. The highest BCUT2D eigenvalue weighted by Crippen LogP contribution is 2.22. The van der Waals surface area contributed by atoms with Crippen LogP contribution in [0.3, 0.4) is 0 Å². The van der Waals surface area contributed by atoms with Gasteiger partial charge in [0.2, 0.25) is 0 Å². The van der Waals surface area contributed by atoms with Gasteiger partial charge >= 0.3 is 0 Å². The summed E-state index contributed by atoms with van der Waals surface area (Å²) in [5, 5.41) is 4.24. The molecule has 0 bridgehead atoms. The van der Waals surface area contributed by atoms with Crippen molar-refractivity contribution in [2.75, 3.05) is 6.61 Å². The van der Waals surface area contributed by atoms with Crippen LogP contribution in [0.4, 0.5) is 0 Å². The Morgan fingerprint density at radius 2 is 2.21 bits per heavy atom. The molecule has 1 heterocycles. The molecule has 0 radical (unpaired) electrons. The number of nitrogens with zero attached hydrogens (tertiary/aromatic N) is 1. The van der Waals surface area contributed by atoms with Crippen LogP contribution < -0.4 is 10.2 Å². The monoisotopic (exact) mass is 277 g/mol. The topological polar surface area (TPSA) is 66.5 Å². The lowest BCUT2D eigenvalue weighted by atomic mass is 10.3. The van der Waals surface area contributed by atoms with Crippen molar-refractivity contribution in [1.29, 1.82) is 0 Å². The number of carbonyl (C=O) groups excluding carboxylic acids is 1. The van der Waals surface area contributed by atoms with E-state index >= 15 is 0 Å². The van der Waals surface area contributed by atoms with Crippen LogP contribution in [0.15, 0.2) is 47.7 Å². The number of benzene rings is 1. The second kappa shape index (κ2) is 6.61. The Kier molecular flexibility index (Phi) is 4.58. The summed E-state index contributed by atoms with van der Waals surface area (Å²) >= 11 is 5.89. The van der Waals surface area contributed by atoms with E-state index < -0.39 is 0 Å². The van der Waals surface area contributed by atoms with Crippen LogP contribution in [0, 0.1) is 0 Å². The van der Waals surface area contributed by atoms with Crippen molar-refractivity contribution >= 4 is 23.7 Å². The number of aromatic nitrogens is 1. The summed E-state index contributed by atoms with van der Waals surface area (Å²) in [7, 11) is 0. The van der Waals surface area contributed by atoms with Crippen LogP contribution in [0.2, 0.25) is 5.02 Å². The Bertz CT molecular complexity index is 567. The quantitative estimate of drug-likeness (QED) is 0.650. The first-order chi connectivity index (χ1) is 9.25. The van der Waals surface area contributed by atoms with Gasteiger partial charge in [0, 0.05) is 6.20 Å². The fraction of sp³-hybridized carbons (Fsp3) is 0.0769. The summed E-state index contributed by atoms with van der Waals surface area (Å²) in [4.78, 5) is 14.4. The molecule has 0 aliphatic carbocycles. The average Bonchev–Trinajstić information content (AvgIpc) is 2.91. The maximum Gasteiger partial charge on any atom is 0.277 e. The molecule has 1 aromatic heterocycles. The fourth-order valence-electron chi connectivity index (χ4n) is 1.34. The highest BCUT2D eigenvalue weighted by atomic mass is 35.5. The van der Waals surface area contributed by atoms with E-state index in [2.05, 4.69) is 15.5 Å². The van der Waals surface area contributed by atoms with E-state index in [1.54, 1.807) is 30.5 Å². The molecule has 0 fully saturated rings. The molecular formula is C13H12ClN3O2. The summed E-state index contributed by atoms with van der Waals surface area (Å²) in [6.07, 6.45) is 3.27. The normalized spacial score (nSPS) is 10.6. The number of rotatable bonds is 5. The number of nitrogens with one attached hydrogen (secondary N) is 2. The summed E-state index contributed by atoms with van der Waals surface area (Å²) in [5.74, 6) is 0.107. The number of halogens is 1. The van der Waals surface area contributed by atoms with Gasteiger partial charge in [0.05, 0.1) is 16.9 Å². The smallest absolute Gasteiger partial charge is 0.277 e. The molecule has 0 atom stereocenters. The van der Waals surface area contributed by atoms with Crippen LogP contribution in [0.25, 0.3) is 0 Å². The number of ether oxygens (including phenoxy) is 1. The van der Waals surface area contributed by atoms with Gasteiger partial charge in [0.25, 0.3) is 5.91 Å². The Labute approximate surface area is 115 Å². The lowest BCUT2D eigenvalue weighted by Gasteiger charge is -2.06. The standard InChI is InChI=1S/C13H12ClN3O2/c14-11-5-1-2-6-12(11)19-9-13(18)17-16-8-10-4-3-7-15-10/h1-8,15H,9H2,(H,17,18)/b16-8+. The van der Waals surface area contributed by atoms with E-state index in [0.717, 1.165) is 5.69 Å². The van der Waals surface area contributed by atoms with Crippen molar-refractivity contribution in [3.8, 4) is 5.75 Å². The first kappa shape index (κ1) is 13.2. The van der Waals surface area contributed by atoms with Gasteiger partial charge in [-0.2, -0.15) is 5.10 Å². The molecule has 1 aromatic carbocycles. The van der Waals surface area contributed by atoms with Crippen LogP contribution in [0.5, 0.6) is 5.75 Å². The third kappa shape index (κ3) is 4.15. The van der Waals surface area contributed by atoms with E-state index in [1.807, 2.05) is 12.1 Å². The Morgan fingerprint density at radius 3 is 2.95 bits per heavy atom. The first-order valence-electron chi connectivity index (χ1n) is 5.58. The number of H-pyrrole nitrogens is 1. The van der Waals surface area contributed by atoms with E-state index in [-0.39, 0.29) is 12.5 Å². The summed E-state index contributed by atoms with van der Waals surface area (Å²) in [5.41, 5.74) is 3.15. The van der Waals surface area contributed by atoms with Gasteiger partial charge in [-0.15, -0.1) is 0 Å². The van der Waals surface area contributed by atoms with Crippen molar-refractivity contribution < 1.29 is 9.53 Å². The molecule has 98 valence electrons. The highest BCUT2D eigenvalue weighted by molar-refractivity contribution is 6.32. The molecule has 2 rings (SSSR count). The maximum absolute atomic E-state index is 11.5. The minimum atomic E-state index is -0.359.